The first-order chi connectivity index (χ1) is 6.93. The summed E-state index contributed by atoms with van der Waals surface area (Å²) in [5.74, 6) is -1.81. The highest BCUT2D eigenvalue weighted by molar-refractivity contribution is 5.88. The van der Waals surface area contributed by atoms with Gasteiger partial charge in [0.25, 0.3) is 0 Å². The second-order valence-electron chi connectivity index (χ2n) is 3.72. The quantitative estimate of drug-likeness (QED) is 0.678. The summed E-state index contributed by atoms with van der Waals surface area (Å²) in [6.45, 7) is 5.30. The minimum Gasteiger partial charge on any atom is -0.368 e. The number of hydrogen-bond donors (Lipinski definition) is 2. The number of amides is 2. The predicted octanol–water partition coefficient (Wildman–Crippen LogP) is 0.162. The van der Waals surface area contributed by atoms with Gasteiger partial charge in [-0.15, -0.1) is 0 Å². The molecule has 0 heterocycles. The van der Waals surface area contributed by atoms with Crippen LogP contribution in [0.15, 0.2) is 0 Å². The lowest BCUT2D eigenvalue weighted by Crippen LogP contribution is -2.49. The third-order valence-corrected chi connectivity index (χ3v) is 2.15. The maximum absolute atomic E-state index is 11.5. The molecule has 0 fully saturated rings. The lowest BCUT2D eigenvalue weighted by molar-refractivity contribution is -0.129. The van der Waals surface area contributed by atoms with Crippen molar-refractivity contribution >= 4 is 11.8 Å². The Bertz CT molecular complexity index is 281. The molecule has 5 heteroatoms. The molecule has 0 radical (unpaired) electrons. The van der Waals surface area contributed by atoms with Gasteiger partial charge in [0.15, 0.2) is 0 Å². The van der Waals surface area contributed by atoms with E-state index in [1.165, 1.54) is 0 Å². The van der Waals surface area contributed by atoms with E-state index in [1.54, 1.807) is 20.8 Å². The lowest BCUT2D eigenvalue weighted by Gasteiger charge is -2.19. The molecule has 0 spiro atoms. The molecule has 15 heavy (non-hydrogen) atoms. The van der Waals surface area contributed by atoms with Crippen LogP contribution in [0.1, 0.15) is 27.2 Å². The SMILES string of the molecule is CCC(C#N)C(=O)NC(C(N)=O)C(C)C. The summed E-state index contributed by atoms with van der Waals surface area (Å²) in [4.78, 5) is 22.5. The Morgan fingerprint density at radius 2 is 2.00 bits per heavy atom. The van der Waals surface area contributed by atoms with Crippen LogP contribution in [0, 0.1) is 23.2 Å². The van der Waals surface area contributed by atoms with Crippen LogP contribution in [-0.4, -0.2) is 17.9 Å². The summed E-state index contributed by atoms with van der Waals surface area (Å²) in [6, 6.07) is 1.16. The third-order valence-electron chi connectivity index (χ3n) is 2.15. The molecule has 0 bridgehead atoms. The van der Waals surface area contributed by atoms with Crippen molar-refractivity contribution in [1.29, 1.82) is 5.26 Å². The number of carbonyl (C=O) groups is 2. The second-order valence-corrected chi connectivity index (χ2v) is 3.72. The van der Waals surface area contributed by atoms with Crippen LogP contribution in [-0.2, 0) is 9.59 Å². The average molecular weight is 211 g/mol. The minimum atomic E-state index is -0.717. The normalized spacial score (nSPS) is 14.1. The van der Waals surface area contributed by atoms with Gasteiger partial charge < -0.3 is 11.1 Å². The Kier molecular flexibility index (Phi) is 5.39. The number of primary amides is 1. The van der Waals surface area contributed by atoms with E-state index in [1.807, 2.05) is 6.07 Å². The number of nitrogens with one attached hydrogen (secondary N) is 1. The predicted molar refractivity (Wildman–Crippen MR) is 55.4 cm³/mol. The van der Waals surface area contributed by atoms with Crippen LogP contribution in [0.4, 0.5) is 0 Å². The zero-order valence-corrected chi connectivity index (χ0v) is 9.28. The number of hydrogen-bond acceptors (Lipinski definition) is 3. The van der Waals surface area contributed by atoms with Crippen molar-refractivity contribution in [3.8, 4) is 6.07 Å². The van der Waals surface area contributed by atoms with Gasteiger partial charge in [-0.25, -0.2) is 0 Å². The number of rotatable bonds is 5. The molecule has 5 nitrogen and oxygen atoms in total. The standard InChI is InChI=1S/C10H17N3O2/c1-4-7(5-11)10(15)13-8(6(2)3)9(12)14/h6-8H,4H2,1-3H3,(H2,12,14)(H,13,15). The topological polar surface area (TPSA) is 96.0 Å². The summed E-state index contributed by atoms with van der Waals surface area (Å²) in [5.41, 5.74) is 5.13. The monoisotopic (exact) mass is 211 g/mol. The molecule has 2 atom stereocenters. The molecule has 0 aromatic carbocycles. The van der Waals surface area contributed by atoms with Crippen molar-refractivity contribution in [2.75, 3.05) is 0 Å². The fourth-order valence-electron chi connectivity index (χ4n) is 1.16. The van der Waals surface area contributed by atoms with Gasteiger partial charge in [-0.2, -0.15) is 5.26 Å². The molecule has 3 N–H and O–H groups in total. The molecular formula is C10H17N3O2. The van der Waals surface area contributed by atoms with Crippen LogP contribution in [0.25, 0.3) is 0 Å². The first kappa shape index (κ1) is 13.4. The first-order valence-corrected chi connectivity index (χ1v) is 4.93. The van der Waals surface area contributed by atoms with Crippen molar-refractivity contribution in [2.24, 2.45) is 17.6 Å². The third kappa shape index (κ3) is 3.98. The molecule has 2 unspecified atom stereocenters. The summed E-state index contributed by atoms with van der Waals surface area (Å²) in [5, 5.41) is 11.1. The molecule has 84 valence electrons. The van der Waals surface area contributed by atoms with Gasteiger partial charge in [0.05, 0.1) is 6.07 Å². The highest BCUT2D eigenvalue weighted by Gasteiger charge is 2.25. The molecule has 0 aliphatic carbocycles. The fraction of sp³-hybridized carbons (Fsp3) is 0.700. The lowest BCUT2D eigenvalue weighted by atomic mass is 10.0. The van der Waals surface area contributed by atoms with Crippen molar-refractivity contribution < 1.29 is 9.59 Å². The average Bonchev–Trinajstić information content (AvgIpc) is 2.15. The minimum absolute atomic E-state index is 0.0809. The zero-order chi connectivity index (χ0) is 12.0. The van der Waals surface area contributed by atoms with Gasteiger partial charge in [-0.1, -0.05) is 20.8 Å². The number of nitrogens with zero attached hydrogens (tertiary/aromatic N) is 1. The van der Waals surface area contributed by atoms with Crippen molar-refractivity contribution in [3.05, 3.63) is 0 Å². The van der Waals surface area contributed by atoms with Gasteiger partial charge in [0.2, 0.25) is 11.8 Å². The highest BCUT2D eigenvalue weighted by Crippen LogP contribution is 2.05. The Labute approximate surface area is 89.6 Å². The van der Waals surface area contributed by atoms with E-state index >= 15 is 0 Å². The fourth-order valence-corrected chi connectivity index (χ4v) is 1.16. The van der Waals surface area contributed by atoms with Gasteiger partial charge in [-0.05, 0) is 12.3 Å². The molecule has 0 saturated heterocycles. The smallest absolute Gasteiger partial charge is 0.240 e. The maximum atomic E-state index is 11.5. The van der Waals surface area contributed by atoms with Crippen LogP contribution in [0.2, 0.25) is 0 Å². The molecule has 0 aliphatic heterocycles. The number of nitrogens with two attached hydrogens (primary N) is 1. The van der Waals surface area contributed by atoms with Gasteiger partial charge >= 0.3 is 0 Å². The number of nitriles is 1. The molecule has 0 saturated carbocycles. The van der Waals surface area contributed by atoms with Gasteiger partial charge in [-0.3, -0.25) is 9.59 Å². The Hall–Kier alpha value is -1.57. The van der Waals surface area contributed by atoms with E-state index < -0.39 is 23.8 Å². The van der Waals surface area contributed by atoms with Crippen LogP contribution in [0.3, 0.4) is 0 Å². The molecular weight excluding hydrogens is 194 g/mol. The summed E-state index contributed by atoms with van der Waals surface area (Å²) in [7, 11) is 0. The van der Waals surface area contributed by atoms with Crippen molar-refractivity contribution in [3.63, 3.8) is 0 Å². The van der Waals surface area contributed by atoms with E-state index in [4.69, 9.17) is 11.0 Å². The second kappa shape index (κ2) is 6.02. The van der Waals surface area contributed by atoms with E-state index in [0.717, 1.165) is 0 Å². The van der Waals surface area contributed by atoms with Gasteiger partial charge in [0, 0.05) is 0 Å². The summed E-state index contributed by atoms with van der Waals surface area (Å²) in [6.07, 6.45) is 0.423. The molecule has 0 aromatic heterocycles. The van der Waals surface area contributed by atoms with E-state index in [9.17, 15) is 9.59 Å². The molecule has 0 aliphatic rings. The summed E-state index contributed by atoms with van der Waals surface area (Å²) < 4.78 is 0. The molecule has 0 rings (SSSR count). The number of carbonyl (C=O) groups excluding carboxylic acids is 2. The Morgan fingerprint density at radius 3 is 2.27 bits per heavy atom. The highest BCUT2D eigenvalue weighted by atomic mass is 16.2. The van der Waals surface area contributed by atoms with Crippen LogP contribution in [0.5, 0.6) is 0 Å². The molecule has 2 amide bonds. The Morgan fingerprint density at radius 1 is 1.47 bits per heavy atom. The first-order valence-electron chi connectivity index (χ1n) is 4.93. The molecule has 0 aromatic rings. The Balaban J connectivity index is 4.50. The van der Waals surface area contributed by atoms with Crippen LogP contribution < -0.4 is 11.1 Å². The largest absolute Gasteiger partial charge is 0.368 e. The van der Waals surface area contributed by atoms with E-state index in [0.29, 0.717) is 6.42 Å². The van der Waals surface area contributed by atoms with E-state index in [-0.39, 0.29) is 5.92 Å². The maximum Gasteiger partial charge on any atom is 0.240 e. The van der Waals surface area contributed by atoms with Gasteiger partial charge in [0.1, 0.15) is 12.0 Å². The van der Waals surface area contributed by atoms with E-state index in [2.05, 4.69) is 5.32 Å². The van der Waals surface area contributed by atoms with Crippen molar-refractivity contribution in [2.45, 2.75) is 33.2 Å². The summed E-state index contributed by atoms with van der Waals surface area (Å²) >= 11 is 0. The van der Waals surface area contributed by atoms with Crippen molar-refractivity contribution in [1.82, 2.24) is 5.32 Å². The zero-order valence-electron chi connectivity index (χ0n) is 9.28. The van der Waals surface area contributed by atoms with Crippen LogP contribution >= 0.6 is 0 Å².